The van der Waals surface area contributed by atoms with E-state index < -0.39 is 18.5 Å². The van der Waals surface area contributed by atoms with Gasteiger partial charge in [-0.15, -0.1) is 11.3 Å². The van der Waals surface area contributed by atoms with Gasteiger partial charge < -0.3 is 14.4 Å². The third kappa shape index (κ3) is 7.17. The first-order valence-electron chi connectivity index (χ1n) is 9.29. The molecule has 30 heavy (non-hydrogen) atoms. The van der Waals surface area contributed by atoms with E-state index in [1.54, 1.807) is 36.4 Å². The highest BCUT2D eigenvalue weighted by Gasteiger charge is 2.18. The molecule has 0 fully saturated rings. The van der Waals surface area contributed by atoms with Crippen LogP contribution in [0.25, 0.3) is 0 Å². The summed E-state index contributed by atoms with van der Waals surface area (Å²) in [6.07, 6.45) is -0.0332. The summed E-state index contributed by atoms with van der Waals surface area (Å²) >= 11 is 6.94. The number of thiophene rings is 1. The molecule has 2 aromatic rings. The number of halogens is 1. The van der Waals surface area contributed by atoms with E-state index in [1.165, 1.54) is 4.90 Å². The van der Waals surface area contributed by atoms with E-state index in [0.29, 0.717) is 27.3 Å². The van der Waals surface area contributed by atoms with Crippen molar-refractivity contribution in [2.75, 3.05) is 24.7 Å². The quantitative estimate of drug-likeness (QED) is 0.376. The molecule has 0 N–H and O–H groups in total. The van der Waals surface area contributed by atoms with Gasteiger partial charge in [0.1, 0.15) is 5.75 Å². The molecule has 7 nitrogen and oxygen atoms in total. The molecule has 0 bridgehead atoms. The molecule has 1 aromatic carbocycles. The normalized spacial score (nSPS) is 10.2. The number of esters is 1. The number of nitrogens with zero attached hydrogens (tertiary/aromatic N) is 2. The SMILES string of the molecule is CCOc1ccc(N(CCC#N)C(=O)COC(=O)CCC(=O)c2ccc(Cl)s2)cc1. The number of hydrogen-bond acceptors (Lipinski definition) is 7. The van der Waals surface area contributed by atoms with Crippen LogP contribution in [0, 0.1) is 11.3 Å². The first-order valence-corrected chi connectivity index (χ1v) is 10.5. The predicted octanol–water partition coefficient (Wildman–Crippen LogP) is 4.25. The molecule has 2 rings (SSSR count). The number of carbonyl (C=O) groups excluding carboxylic acids is 3. The number of carbonyl (C=O) groups is 3. The number of hydrogen-bond donors (Lipinski definition) is 0. The molecule has 0 saturated carbocycles. The van der Waals surface area contributed by atoms with E-state index in [1.807, 2.05) is 13.0 Å². The Hall–Kier alpha value is -2.89. The molecule has 0 atom stereocenters. The molecule has 1 heterocycles. The van der Waals surface area contributed by atoms with Crippen LogP contribution in [0.5, 0.6) is 5.75 Å². The van der Waals surface area contributed by atoms with E-state index in [-0.39, 0.29) is 31.6 Å². The number of Topliss-reactive ketones (excluding diaryl/α,β-unsaturated/α-hetero) is 1. The second-order valence-electron chi connectivity index (χ2n) is 6.07. The van der Waals surface area contributed by atoms with E-state index in [2.05, 4.69) is 0 Å². The second kappa shape index (κ2) is 12.0. The average Bonchev–Trinajstić information content (AvgIpc) is 3.18. The number of ketones is 1. The number of amides is 1. The van der Waals surface area contributed by atoms with Crippen LogP contribution in [0.1, 0.15) is 35.9 Å². The first-order chi connectivity index (χ1) is 14.4. The molecule has 1 amide bonds. The summed E-state index contributed by atoms with van der Waals surface area (Å²) in [5.74, 6) is -0.650. The highest BCUT2D eigenvalue weighted by molar-refractivity contribution is 7.18. The zero-order chi connectivity index (χ0) is 21.9. The van der Waals surface area contributed by atoms with Gasteiger partial charge in [0.25, 0.3) is 5.91 Å². The number of rotatable bonds is 11. The maximum absolute atomic E-state index is 12.6. The maximum Gasteiger partial charge on any atom is 0.306 e. The fraction of sp³-hybridized carbons (Fsp3) is 0.333. The van der Waals surface area contributed by atoms with Crippen LogP contribution >= 0.6 is 22.9 Å². The molecule has 0 aliphatic heterocycles. The summed E-state index contributed by atoms with van der Waals surface area (Å²) in [6.45, 7) is 2.08. The molecule has 0 aliphatic carbocycles. The van der Waals surface area contributed by atoms with Gasteiger partial charge in [0, 0.05) is 18.7 Å². The third-order valence-electron chi connectivity index (χ3n) is 3.97. The first kappa shape index (κ1) is 23.4. The standard InChI is InChI=1S/C21H21ClN2O5S/c1-2-28-16-6-4-15(5-7-16)24(13-3-12-23)20(26)14-29-21(27)11-8-17(25)18-9-10-19(22)30-18/h4-7,9-10H,2-3,8,11,13-14H2,1H3. The van der Waals surface area contributed by atoms with Gasteiger partial charge in [0.05, 0.1) is 34.7 Å². The Morgan fingerprint density at radius 3 is 2.47 bits per heavy atom. The van der Waals surface area contributed by atoms with E-state index in [4.69, 9.17) is 26.3 Å². The molecule has 1 aromatic heterocycles. The van der Waals surface area contributed by atoms with Crippen LogP contribution < -0.4 is 9.64 Å². The minimum atomic E-state index is -0.647. The fourth-order valence-electron chi connectivity index (χ4n) is 2.54. The van der Waals surface area contributed by atoms with Crippen molar-refractivity contribution in [3.05, 3.63) is 45.6 Å². The Bertz CT molecular complexity index is 920. The third-order valence-corrected chi connectivity index (χ3v) is 5.24. The molecule has 158 valence electrons. The molecule has 0 spiro atoms. The Kier molecular flexibility index (Phi) is 9.32. The summed E-state index contributed by atoms with van der Waals surface area (Å²) in [5.41, 5.74) is 0.569. The molecular weight excluding hydrogens is 428 g/mol. The predicted molar refractivity (Wildman–Crippen MR) is 114 cm³/mol. The number of nitriles is 1. The summed E-state index contributed by atoms with van der Waals surface area (Å²) in [7, 11) is 0. The minimum Gasteiger partial charge on any atom is -0.494 e. The smallest absolute Gasteiger partial charge is 0.306 e. The van der Waals surface area contributed by atoms with Crippen molar-refractivity contribution < 1.29 is 23.9 Å². The summed E-state index contributed by atoms with van der Waals surface area (Å²) in [6, 6.07) is 12.1. The Morgan fingerprint density at radius 1 is 1.13 bits per heavy atom. The highest BCUT2D eigenvalue weighted by Crippen LogP contribution is 2.23. The summed E-state index contributed by atoms with van der Waals surface area (Å²) in [5, 5.41) is 8.86. The fourth-order valence-corrected chi connectivity index (χ4v) is 3.55. The van der Waals surface area contributed by atoms with Gasteiger partial charge in [-0.25, -0.2) is 0 Å². The van der Waals surface area contributed by atoms with Crippen molar-refractivity contribution in [1.82, 2.24) is 0 Å². The van der Waals surface area contributed by atoms with Gasteiger partial charge in [-0.2, -0.15) is 5.26 Å². The van der Waals surface area contributed by atoms with Crippen LogP contribution in [-0.2, 0) is 14.3 Å². The Labute approximate surface area is 183 Å². The van der Waals surface area contributed by atoms with Crippen molar-refractivity contribution in [3.63, 3.8) is 0 Å². The van der Waals surface area contributed by atoms with Crippen LogP contribution in [0.15, 0.2) is 36.4 Å². The van der Waals surface area contributed by atoms with Crippen molar-refractivity contribution in [2.45, 2.75) is 26.2 Å². The van der Waals surface area contributed by atoms with Crippen molar-refractivity contribution in [3.8, 4) is 11.8 Å². The van der Waals surface area contributed by atoms with Gasteiger partial charge in [-0.1, -0.05) is 11.6 Å². The van der Waals surface area contributed by atoms with Crippen LogP contribution in [0.2, 0.25) is 4.34 Å². The number of anilines is 1. The van der Waals surface area contributed by atoms with E-state index in [0.717, 1.165) is 11.3 Å². The van der Waals surface area contributed by atoms with Gasteiger partial charge in [-0.05, 0) is 43.3 Å². The van der Waals surface area contributed by atoms with Crippen molar-refractivity contribution >= 4 is 46.3 Å². The van der Waals surface area contributed by atoms with Gasteiger partial charge in [-0.3, -0.25) is 14.4 Å². The lowest BCUT2D eigenvalue weighted by atomic mass is 10.2. The minimum absolute atomic E-state index is 0.0269. The number of benzene rings is 1. The maximum atomic E-state index is 12.6. The topological polar surface area (TPSA) is 96.7 Å². The average molecular weight is 449 g/mol. The molecule has 0 saturated heterocycles. The monoisotopic (exact) mass is 448 g/mol. The highest BCUT2D eigenvalue weighted by atomic mass is 35.5. The lowest BCUT2D eigenvalue weighted by Crippen LogP contribution is -2.35. The van der Waals surface area contributed by atoms with Gasteiger partial charge >= 0.3 is 5.97 Å². The zero-order valence-corrected chi connectivity index (χ0v) is 18.0. The van der Waals surface area contributed by atoms with Gasteiger partial charge in [0.2, 0.25) is 0 Å². The lowest BCUT2D eigenvalue weighted by Gasteiger charge is -2.22. The van der Waals surface area contributed by atoms with Crippen molar-refractivity contribution in [2.24, 2.45) is 0 Å². The largest absolute Gasteiger partial charge is 0.494 e. The summed E-state index contributed by atoms with van der Waals surface area (Å²) < 4.78 is 10.9. The van der Waals surface area contributed by atoms with E-state index in [9.17, 15) is 14.4 Å². The van der Waals surface area contributed by atoms with Gasteiger partial charge in [0.15, 0.2) is 12.4 Å². The van der Waals surface area contributed by atoms with Crippen molar-refractivity contribution in [1.29, 1.82) is 5.26 Å². The molecular formula is C21H21ClN2O5S. The molecule has 0 radical (unpaired) electrons. The zero-order valence-electron chi connectivity index (χ0n) is 16.4. The van der Waals surface area contributed by atoms with E-state index >= 15 is 0 Å². The Morgan fingerprint density at radius 2 is 1.87 bits per heavy atom. The number of ether oxygens (including phenoxy) is 2. The molecule has 9 heteroatoms. The Balaban J connectivity index is 1.89. The van der Waals surface area contributed by atoms with Crippen LogP contribution in [-0.4, -0.2) is 37.4 Å². The molecule has 0 unspecified atom stereocenters. The van der Waals surface area contributed by atoms with Crippen LogP contribution in [0.4, 0.5) is 5.69 Å². The second-order valence-corrected chi connectivity index (χ2v) is 7.78. The summed E-state index contributed by atoms with van der Waals surface area (Å²) in [4.78, 5) is 38.4. The lowest BCUT2D eigenvalue weighted by molar-refractivity contribution is -0.147. The molecule has 0 aliphatic rings. The van der Waals surface area contributed by atoms with Crippen LogP contribution in [0.3, 0.4) is 0 Å².